The van der Waals surface area contributed by atoms with Crippen molar-refractivity contribution in [1.29, 1.82) is 5.26 Å². The van der Waals surface area contributed by atoms with Gasteiger partial charge in [0.2, 0.25) is 11.5 Å². The van der Waals surface area contributed by atoms with Gasteiger partial charge in [0.05, 0.1) is 6.07 Å². The first-order valence-corrected chi connectivity index (χ1v) is 5.17. The van der Waals surface area contributed by atoms with Crippen LogP contribution in [0.4, 0.5) is 5.88 Å². The molecule has 9 heteroatoms. The minimum Gasteiger partial charge on any atom is -0.451 e. The van der Waals surface area contributed by atoms with Gasteiger partial charge in [-0.15, -0.1) is 0 Å². The fraction of sp³-hybridized carbons (Fsp3) is 0.182. The summed E-state index contributed by atoms with van der Waals surface area (Å²) in [6.45, 7) is 0.638. The summed E-state index contributed by atoms with van der Waals surface area (Å²) in [5.41, 5.74) is 4.99. The lowest BCUT2D eigenvalue weighted by atomic mass is 10.1. The van der Waals surface area contributed by atoms with Gasteiger partial charge in [-0.25, -0.2) is 4.79 Å². The summed E-state index contributed by atoms with van der Waals surface area (Å²) >= 11 is 0. The molecule has 0 amide bonds. The molecule has 0 bridgehead atoms. The summed E-state index contributed by atoms with van der Waals surface area (Å²) in [7, 11) is 0. The van der Waals surface area contributed by atoms with Gasteiger partial charge in [-0.3, -0.25) is 14.9 Å². The highest BCUT2D eigenvalue weighted by molar-refractivity contribution is 6.01. The Kier molecular flexibility index (Phi) is 4.58. The van der Waals surface area contributed by atoms with E-state index in [4.69, 9.17) is 11.0 Å². The van der Waals surface area contributed by atoms with E-state index in [1.807, 2.05) is 0 Å². The normalized spacial score (nSPS) is 11.2. The van der Waals surface area contributed by atoms with Gasteiger partial charge in [0.1, 0.15) is 16.6 Å². The van der Waals surface area contributed by atoms with Gasteiger partial charge < -0.3 is 14.9 Å². The van der Waals surface area contributed by atoms with Crippen molar-refractivity contribution >= 4 is 17.6 Å². The van der Waals surface area contributed by atoms with Crippen molar-refractivity contribution in [3.8, 4) is 6.07 Å². The average Bonchev–Trinajstić information content (AvgIpc) is 2.86. The zero-order valence-electron chi connectivity index (χ0n) is 10.3. The molecule has 0 fully saturated rings. The highest BCUT2D eigenvalue weighted by Gasteiger charge is 2.20. The zero-order chi connectivity index (χ0) is 15.3. The third-order valence-electron chi connectivity index (χ3n) is 2.09. The smallest absolute Gasteiger partial charge is 0.433 e. The summed E-state index contributed by atoms with van der Waals surface area (Å²) in [5.74, 6) is -2.88. The minimum absolute atomic E-state index is 0.00202. The Balaban J connectivity index is 2.68. The number of carbonyl (C=O) groups excluding carboxylic acids is 2. The maximum absolute atomic E-state index is 11.5. The van der Waals surface area contributed by atoms with E-state index in [0.717, 1.165) is 12.1 Å². The molecule has 1 heterocycles. The van der Waals surface area contributed by atoms with Crippen LogP contribution in [0.3, 0.4) is 0 Å². The van der Waals surface area contributed by atoms with E-state index in [0.29, 0.717) is 0 Å². The van der Waals surface area contributed by atoms with Crippen LogP contribution in [0.2, 0.25) is 0 Å². The number of rotatable bonds is 5. The van der Waals surface area contributed by atoms with Crippen LogP contribution in [-0.4, -0.2) is 23.3 Å². The summed E-state index contributed by atoms with van der Waals surface area (Å²) in [5, 5.41) is 19.0. The van der Waals surface area contributed by atoms with E-state index in [9.17, 15) is 19.7 Å². The molecular formula is C11H9N3O6. The lowest BCUT2D eigenvalue weighted by Crippen LogP contribution is -2.17. The number of hydrogen-bond acceptors (Lipinski definition) is 8. The Labute approximate surface area is 112 Å². The summed E-state index contributed by atoms with van der Waals surface area (Å²) in [6.07, 6.45) is 0. The SMILES string of the molecule is C/C(N)=C(/C#N)C(=O)COC(=O)c1ccc([N+](=O)[O-])o1. The van der Waals surface area contributed by atoms with Crippen LogP contribution in [0.15, 0.2) is 27.8 Å². The number of allylic oxidation sites excluding steroid dienone is 1. The number of furan rings is 1. The van der Waals surface area contributed by atoms with Crippen molar-refractivity contribution in [3.63, 3.8) is 0 Å². The molecule has 0 aliphatic rings. The van der Waals surface area contributed by atoms with E-state index in [1.165, 1.54) is 6.92 Å². The molecule has 104 valence electrons. The number of nitrogens with two attached hydrogens (primary N) is 1. The molecule has 2 N–H and O–H groups in total. The number of ketones is 1. The molecule has 0 aliphatic heterocycles. The number of nitro groups is 1. The number of hydrogen-bond donors (Lipinski definition) is 1. The first-order valence-electron chi connectivity index (χ1n) is 5.17. The maximum Gasteiger partial charge on any atom is 0.433 e. The maximum atomic E-state index is 11.5. The zero-order valence-corrected chi connectivity index (χ0v) is 10.3. The predicted octanol–water partition coefficient (Wildman–Crippen LogP) is 0.670. The molecule has 0 saturated heterocycles. The first kappa shape index (κ1) is 14.9. The van der Waals surface area contributed by atoms with Gasteiger partial charge in [-0.05, 0) is 13.0 Å². The third-order valence-corrected chi connectivity index (χ3v) is 2.09. The molecule has 1 aromatic rings. The Hall–Kier alpha value is -3.15. The predicted molar refractivity (Wildman–Crippen MR) is 63.2 cm³/mol. The van der Waals surface area contributed by atoms with Crippen LogP contribution < -0.4 is 5.73 Å². The van der Waals surface area contributed by atoms with Crippen LogP contribution in [0, 0.1) is 21.4 Å². The molecule has 0 atom stereocenters. The van der Waals surface area contributed by atoms with Crippen LogP contribution in [0.5, 0.6) is 0 Å². The Morgan fingerprint density at radius 2 is 2.20 bits per heavy atom. The van der Waals surface area contributed by atoms with Crippen molar-refractivity contribution in [2.24, 2.45) is 5.73 Å². The second-order valence-electron chi connectivity index (χ2n) is 3.56. The lowest BCUT2D eigenvalue weighted by Gasteiger charge is -2.02. The minimum atomic E-state index is -1.06. The van der Waals surface area contributed by atoms with E-state index in [-0.39, 0.29) is 11.3 Å². The Morgan fingerprint density at radius 1 is 1.55 bits per heavy atom. The third kappa shape index (κ3) is 3.42. The van der Waals surface area contributed by atoms with E-state index < -0.39 is 34.9 Å². The summed E-state index contributed by atoms with van der Waals surface area (Å²) in [6, 6.07) is 3.60. The molecule has 0 radical (unpaired) electrons. The summed E-state index contributed by atoms with van der Waals surface area (Å²) < 4.78 is 9.16. The lowest BCUT2D eigenvalue weighted by molar-refractivity contribution is -0.402. The molecule has 20 heavy (non-hydrogen) atoms. The second kappa shape index (κ2) is 6.14. The van der Waals surface area contributed by atoms with Crippen LogP contribution in [-0.2, 0) is 9.53 Å². The Morgan fingerprint density at radius 3 is 2.65 bits per heavy atom. The molecule has 9 nitrogen and oxygen atoms in total. The highest BCUT2D eigenvalue weighted by Crippen LogP contribution is 2.16. The number of nitriles is 1. The summed E-state index contributed by atoms with van der Waals surface area (Å²) in [4.78, 5) is 32.5. The molecular weight excluding hydrogens is 270 g/mol. The fourth-order valence-electron chi connectivity index (χ4n) is 1.18. The standard InChI is InChI=1S/C11H9N3O6/c1-6(13)7(4-12)8(15)5-19-11(16)9-2-3-10(20-9)14(17)18/h2-3H,5,13H2,1H3/b7-6+. The van der Waals surface area contributed by atoms with Gasteiger partial charge in [0.15, 0.2) is 6.61 Å². The molecule has 0 aromatic carbocycles. The molecule has 0 unspecified atom stereocenters. The Bertz CT molecular complexity index is 633. The number of carbonyl (C=O) groups is 2. The van der Waals surface area contributed by atoms with Crippen molar-refractivity contribution in [2.45, 2.75) is 6.92 Å². The molecule has 0 spiro atoms. The van der Waals surface area contributed by atoms with Crippen LogP contribution in [0.1, 0.15) is 17.5 Å². The average molecular weight is 279 g/mol. The van der Waals surface area contributed by atoms with Crippen molar-refractivity contribution in [2.75, 3.05) is 6.61 Å². The van der Waals surface area contributed by atoms with E-state index >= 15 is 0 Å². The van der Waals surface area contributed by atoms with Gasteiger partial charge in [0, 0.05) is 5.70 Å². The topological polar surface area (TPSA) is 149 Å². The van der Waals surface area contributed by atoms with Crippen molar-refractivity contribution < 1.29 is 23.7 Å². The van der Waals surface area contributed by atoms with Gasteiger partial charge in [0.25, 0.3) is 0 Å². The van der Waals surface area contributed by atoms with E-state index in [1.54, 1.807) is 6.07 Å². The first-order chi connectivity index (χ1) is 9.36. The number of ether oxygens (including phenoxy) is 1. The largest absolute Gasteiger partial charge is 0.451 e. The second-order valence-corrected chi connectivity index (χ2v) is 3.56. The van der Waals surface area contributed by atoms with Crippen molar-refractivity contribution in [1.82, 2.24) is 0 Å². The number of esters is 1. The van der Waals surface area contributed by atoms with Crippen LogP contribution in [0.25, 0.3) is 0 Å². The number of nitrogens with zero attached hydrogens (tertiary/aromatic N) is 2. The van der Waals surface area contributed by atoms with E-state index in [2.05, 4.69) is 9.15 Å². The van der Waals surface area contributed by atoms with Crippen LogP contribution >= 0.6 is 0 Å². The quantitative estimate of drug-likeness (QED) is 0.271. The molecule has 1 aromatic heterocycles. The molecule has 1 rings (SSSR count). The monoisotopic (exact) mass is 279 g/mol. The molecule has 0 saturated carbocycles. The van der Waals surface area contributed by atoms with Gasteiger partial charge >= 0.3 is 11.9 Å². The van der Waals surface area contributed by atoms with Gasteiger partial charge in [-0.2, -0.15) is 5.26 Å². The fourth-order valence-corrected chi connectivity index (χ4v) is 1.18. The number of Topliss-reactive ketones (excluding diaryl/α,β-unsaturated/α-hetero) is 1. The highest BCUT2D eigenvalue weighted by atomic mass is 16.7. The molecule has 0 aliphatic carbocycles. The van der Waals surface area contributed by atoms with Crippen molar-refractivity contribution in [3.05, 3.63) is 39.3 Å². The van der Waals surface area contributed by atoms with Gasteiger partial charge in [-0.1, -0.05) is 0 Å².